The summed E-state index contributed by atoms with van der Waals surface area (Å²) in [6, 6.07) is 47.0. The van der Waals surface area contributed by atoms with E-state index in [-0.39, 0.29) is 0 Å². The molecule has 0 atom stereocenters. The molecule has 9 aromatic rings. The van der Waals surface area contributed by atoms with Gasteiger partial charge in [-0.1, -0.05) is 78.9 Å². The molecule has 0 aliphatic heterocycles. The van der Waals surface area contributed by atoms with Gasteiger partial charge < -0.3 is 0 Å². The molecule has 186 valence electrons. The highest BCUT2D eigenvalue weighted by Gasteiger charge is 2.21. The van der Waals surface area contributed by atoms with Gasteiger partial charge in [0.25, 0.3) is 0 Å². The number of nitrogens with zero attached hydrogens (tertiary/aromatic N) is 4. The van der Waals surface area contributed by atoms with E-state index in [0.29, 0.717) is 0 Å². The zero-order chi connectivity index (χ0) is 26.2. The number of fused-ring (bicyclic) bond motifs is 9. The van der Waals surface area contributed by atoms with Crippen molar-refractivity contribution in [2.24, 2.45) is 0 Å². The molecule has 9 rings (SSSR count). The molecule has 0 saturated heterocycles. The van der Waals surface area contributed by atoms with Gasteiger partial charge in [-0.15, -0.1) is 0 Å². The fraction of sp³-hybridized carbons (Fsp3) is 0. The Bertz CT molecular complexity index is 2440. The lowest BCUT2D eigenvalue weighted by atomic mass is 10.1. The summed E-state index contributed by atoms with van der Waals surface area (Å²) < 4.78 is 4.64. The van der Waals surface area contributed by atoms with E-state index in [9.17, 15) is 0 Å². The second kappa shape index (κ2) is 8.01. The molecule has 0 N–H and O–H groups in total. The largest absolute Gasteiger partial charge is 0.294 e. The van der Waals surface area contributed by atoms with E-state index in [1.165, 1.54) is 21.5 Å². The van der Waals surface area contributed by atoms with Crippen molar-refractivity contribution >= 4 is 65.4 Å². The van der Waals surface area contributed by atoms with Crippen LogP contribution in [0.5, 0.6) is 0 Å². The van der Waals surface area contributed by atoms with Crippen LogP contribution in [0.4, 0.5) is 0 Å². The quantitative estimate of drug-likeness (QED) is 0.233. The molecule has 0 bridgehead atoms. The molecule has 0 saturated carbocycles. The third kappa shape index (κ3) is 2.90. The predicted octanol–water partition coefficient (Wildman–Crippen LogP) is 8.98. The van der Waals surface area contributed by atoms with Crippen molar-refractivity contribution in [3.63, 3.8) is 0 Å². The summed E-state index contributed by atoms with van der Waals surface area (Å²) in [4.78, 5) is 10.2. The number of aromatic nitrogens is 4. The van der Waals surface area contributed by atoms with Crippen molar-refractivity contribution in [2.45, 2.75) is 0 Å². The summed E-state index contributed by atoms with van der Waals surface area (Å²) in [5, 5.41) is 7.10. The summed E-state index contributed by atoms with van der Waals surface area (Å²) in [7, 11) is 0. The van der Waals surface area contributed by atoms with Gasteiger partial charge in [0.05, 0.1) is 33.1 Å². The lowest BCUT2D eigenvalue weighted by molar-refractivity contribution is 1.10. The minimum atomic E-state index is 0.913. The molecule has 4 aromatic heterocycles. The molecule has 4 heterocycles. The molecule has 4 heteroatoms. The smallest absolute Gasteiger partial charge is 0.138 e. The first kappa shape index (κ1) is 21.5. The molecule has 5 aromatic carbocycles. The summed E-state index contributed by atoms with van der Waals surface area (Å²) in [6.07, 6.45) is 0. The highest BCUT2D eigenvalue weighted by atomic mass is 15.1. The van der Waals surface area contributed by atoms with Crippen molar-refractivity contribution in [1.29, 1.82) is 0 Å². The summed E-state index contributed by atoms with van der Waals surface area (Å²) in [5.41, 5.74) is 6.55. The molecule has 0 aliphatic carbocycles. The first-order valence-corrected chi connectivity index (χ1v) is 13.5. The topological polar surface area (TPSA) is 35.6 Å². The monoisotopic (exact) mass is 510 g/mol. The molecule has 0 radical (unpaired) electrons. The fourth-order valence-corrected chi connectivity index (χ4v) is 6.35. The van der Waals surface area contributed by atoms with Crippen LogP contribution in [-0.2, 0) is 0 Å². The van der Waals surface area contributed by atoms with Crippen LogP contribution in [0, 0.1) is 0 Å². The minimum Gasteiger partial charge on any atom is -0.294 e. The van der Waals surface area contributed by atoms with Crippen LogP contribution in [-0.4, -0.2) is 19.1 Å². The molecule has 0 unspecified atom stereocenters. The third-order valence-corrected chi connectivity index (χ3v) is 8.10. The van der Waals surface area contributed by atoms with E-state index in [2.05, 4.69) is 130 Å². The van der Waals surface area contributed by atoms with Gasteiger partial charge in [0.2, 0.25) is 0 Å². The maximum atomic E-state index is 5.15. The molecular weight excluding hydrogens is 488 g/mol. The second-order valence-corrected chi connectivity index (χ2v) is 10.3. The Balaban J connectivity index is 1.47. The van der Waals surface area contributed by atoms with Gasteiger partial charge in [0.15, 0.2) is 0 Å². The second-order valence-electron chi connectivity index (χ2n) is 10.3. The highest BCUT2D eigenvalue weighted by molar-refractivity contribution is 6.26. The van der Waals surface area contributed by atoms with Crippen LogP contribution in [0.2, 0.25) is 0 Å². The van der Waals surface area contributed by atoms with Gasteiger partial charge in [-0.3, -0.25) is 9.13 Å². The van der Waals surface area contributed by atoms with Crippen LogP contribution in [0.3, 0.4) is 0 Å². The van der Waals surface area contributed by atoms with Gasteiger partial charge in [0, 0.05) is 32.3 Å². The zero-order valence-corrected chi connectivity index (χ0v) is 21.5. The van der Waals surface area contributed by atoms with Crippen molar-refractivity contribution in [1.82, 2.24) is 19.1 Å². The Kier molecular flexibility index (Phi) is 4.30. The van der Waals surface area contributed by atoms with Crippen LogP contribution in [0.15, 0.2) is 133 Å². The average Bonchev–Trinajstić information content (AvgIpc) is 3.53. The molecule has 0 fully saturated rings. The van der Waals surface area contributed by atoms with Gasteiger partial charge >= 0.3 is 0 Å². The lowest BCUT2D eigenvalue weighted by Gasteiger charge is -2.10. The van der Waals surface area contributed by atoms with Crippen LogP contribution < -0.4 is 0 Å². The SMILES string of the molecule is c1ccc2nc(-n3c4ccccc4c4c3ccc3c5ccccc5n(-c5ccc6ccccc6n5)c34)ccc2c1. The molecule has 0 aliphatic rings. The van der Waals surface area contributed by atoms with Gasteiger partial charge in [-0.25, -0.2) is 9.97 Å². The zero-order valence-electron chi connectivity index (χ0n) is 21.5. The summed E-state index contributed by atoms with van der Waals surface area (Å²) in [5.74, 6) is 1.83. The lowest BCUT2D eigenvalue weighted by Crippen LogP contribution is -1.99. The first-order valence-electron chi connectivity index (χ1n) is 13.5. The molecule has 4 nitrogen and oxygen atoms in total. The summed E-state index contributed by atoms with van der Waals surface area (Å²) in [6.45, 7) is 0. The van der Waals surface area contributed by atoms with Gasteiger partial charge in [0.1, 0.15) is 11.6 Å². The minimum absolute atomic E-state index is 0.913. The Morgan fingerprint density at radius 3 is 1.62 bits per heavy atom. The van der Waals surface area contributed by atoms with Crippen LogP contribution in [0.1, 0.15) is 0 Å². The van der Waals surface area contributed by atoms with Crippen molar-refractivity contribution in [3.05, 3.63) is 133 Å². The number of para-hydroxylation sites is 4. The maximum Gasteiger partial charge on any atom is 0.138 e. The van der Waals surface area contributed by atoms with Crippen molar-refractivity contribution in [2.75, 3.05) is 0 Å². The highest BCUT2D eigenvalue weighted by Crippen LogP contribution is 2.41. The Morgan fingerprint density at radius 1 is 0.375 bits per heavy atom. The van der Waals surface area contributed by atoms with Crippen molar-refractivity contribution < 1.29 is 0 Å². The number of rotatable bonds is 2. The van der Waals surface area contributed by atoms with E-state index >= 15 is 0 Å². The normalized spacial score (nSPS) is 12.0. The van der Waals surface area contributed by atoms with Crippen molar-refractivity contribution in [3.8, 4) is 11.6 Å². The molecule has 0 amide bonds. The molecule has 0 spiro atoms. The van der Waals surface area contributed by atoms with Crippen LogP contribution in [0.25, 0.3) is 77.1 Å². The number of pyridine rings is 2. The summed E-state index contributed by atoms with van der Waals surface area (Å²) >= 11 is 0. The average molecular weight is 511 g/mol. The molecule has 40 heavy (non-hydrogen) atoms. The molecular formula is C36H22N4. The number of benzene rings is 5. The van der Waals surface area contributed by atoms with E-state index in [1.54, 1.807) is 0 Å². The Morgan fingerprint density at radius 2 is 0.925 bits per heavy atom. The fourth-order valence-electron chi connectivity index (χ4n) is 6.35. The van der Waals surface area contributed by atoms with E-state index in [0.717, 1.165) is 55.5 Å². The van der Waals surface area contributed by atoms with Crippen LogP contribution >= 0.6 is 0 Å². The Labute approximate surface area is 229 Å². The number of hydrogen-bond acceptors (Lipinski definition) is 2. The first-order chi connectivity index (χ1) is 19.8. The Hall–Kier alpha value is -5.48. The van der Waals surface area contributed by atoms with E-state index in [1.807, 2.05) is 12.1 Å². The maximum absolute atomic E-state index is 5.15. The van der Waals surface area contributed by atoms with E-state index < -0.39 is 0 Å². The third-order valence-electron chi connectivity index (χ3n) is 8.10. The van der Waals surface area contributed by atoms with Gasteiger partial charge in [-0.05, 0) is 54.6 Å². The number of hydrogen-bond donors (Lipinski definition) is 0. The van der Waals surface area contributed by atoms with E-state index in [4.69, 9.17) is 9.97 Å². The predicted molar refractivity (Wildman–Crippen MR) is 166 cm³/mol. The standard InChI is InChI=1S/C36H22N4/c1-5-13-28-23(9-1)17-21-33(37-28)39-31-16-8-4-12-27(31)35-32(39)20-19-26-25-11-3-7-15-30(25)40(36(26)35)34-22-18-24-10-2-6-14-29(24)38-34/h1-22H. The van der Waals surface area contributed by atoms with Gasteiger partial charge in [-0.2, -0.15) is 0 Å².